The van der Waals surface area contributed by atoms with Crippen LogP contribution in [0.25, 0.3) is 0 Å². The molecule has 8 heteroatoms. The van der Waals surface area contributed by atoms with Crippen LogP contribution in [-0.2, 0) is 14.6 Å². The molecule has 1 aliphatic heterocycles. The number of carboxylic acids is 1. The first-order valence-electron chi connectivity index (χ1n) is 5.22. The van der Waals surface area contributed by atoms with Gasteiger partial charge in [-0.05, 0) is 18.4 Å². The van der Waals surface area contributed by atoms with Crippen molar-refractivity contribution in [1.29, 1.82) is 0 Å². The number of sulfone groups is 1. The van der Waals surface area contributed by atoms with Gasteiger partial charge in [0.1, 0.15) is 6.04 Å². The summed E-state index contributed by atoms with van der Waals surface area (Å²) in [6, 6.07) is -1.49. The van der Waals surface area contributed by atoms with Crippen LogP contribution < -0.4 is 5.32 Å². The Bertz CT molecular complexity index is 370. The van der Waals surface area contributed by atoms with Crippen LogP contribution in [-0.4, -0.2) is 66.3 Å². The van der Waals surface area contributed by atoms with E-state index in [2.05, 4.69) is 5.32 Å². The van der Waals surface area contributed by atoms with Gasteiger partial charge >= 0.3 is 5.97 Å². The monoisotopic (exact) mass is 283 g/mol. The molecular weight excluding hydrogens is 266 g/mol. The second-order valence-electron chi connectivity index (χ2n) is 4.09. The Labute approximate surface area is 105 Å². The van der Waals surface area contributed by atoms with E-state index in [1.165, 1.54) is 11.8 Å². The highest BCUT2D eigenvalue weighted by atomic mass is 32.2. The molecule has 0 unspecified atom stereocenters. The van der Waals surface area contributed by atoms with Gasteiger partial charge in [0.15, 0.2) is 9.84 Å². The molecule has 6 nitrogen and oxygen atoms in total. The third kappa shape index (κ3) is 4.46. The van der Waals surface area contributed by atoms with Crippen molar-refractivity contribution in [3.63, 3.8) is 0 Å². The molecule has 0 aromatic rings. The Morgan fingerprint density at radius 2 is 2.18 bits per heavy atom. The number of carboxylic acid groups (broad SMARTS) is 1. The third-order valence-electron chi connectivity index (χ3n) is 2.65. The van der Waals surface area contributed by atoms with E-state index in [9.17, 15) is 18.3 Å². The average Bonchev–Trinajstić information content (AvgIpc) is 2.46. The number of hydrogen-bond acceptors (Lipinski definition) is 6. The molecule has 0 spiro atoms. The number of hydrogen-bond donors (Lipinski definition) is 3. The van der Waals surface area contributed by atoms with Gasteiger partial charge in [0, 0.05) is 6.04 Å². The molecule has 0 bridgehead atoms. The van der Waals surface area contributed by atoms with E-state index in [0.717, 1.165) is 0 Å². The summed E-state index contributed by atoms with van der Waals surface area (Å²) in [6.45, 7) is 0. The van der Waals surface area contributed by atoms with Gasteiger partial charge in [-0.3, -0.25) is 10.1 Å². The lowest BCUT2D eigenvalue weighted by atomic mass is 10.1. The summed E-state index contributed by atoms with van der Waals surface area (Å²) in [7, 11) is -3.25. The van der Waals surface area contributed by atoms with E-state index in [-0.39, 0.29) is 11.5 Å². The Hall–Kier alpha value is -0.310. The maximum Gasteiger partial charge on any atom is 0.320 e. The number of carbonyl (C=O) groups is 1. The summed E-state index contributed by atoms with van der Waals surface area (Å²) >= 11 is 1.52. The molecule has 0 aromatic heterocycles. The minimum atomic E-state index is -3.25. The van der Waals surface area contributed by atoms with Crippen LogP contribution in [0.2, 0.25) is 0 Å². The maximum atomic E-state index is 11.3. The lowest BCUT2D eigenvalue weighted by Crippen LogP contribution is -2.48. The zero-order chi connectivity index (χ0) is 13.1. The lowest BCUT2D eigenvalue weighted by Gasteiger charge is -2.20. The van der Waals surface area contributed by atoms with Crippen molar-refractivity contribution in [3.8, 4) is 0 Å². The van der Waals surface area contributed by atoms with Gasteiger partial charge < -0.3 is 10.2 Å². The van der Waals surface area contributed by atoms with Gasteiger partial charge in [0.05, 0.1) is 17.6 Å². The second kappa shape index (κ2) is 6.03. The topological polar surface area (TPSA) is 104 Å². The van der Waals surface area contributed by atoms with E-state index < -0.39 is 34.0 Å². The summed E-state index contributed by atoms with van der Waals surface area (Å²) in [4.78, 5) is 11.0. The average molecular weight is 283 g/mol. The molecule has 1 saturated heterocycles. The SMILES string of the molecule is CSCC[C@H](N[C@H]1CS(=O)(=O)C[C@H]1O)C(=O)O. The third-order valence-corrected chi connectivity index (χ3v) is 5.01. The van der Waals surface area contributed by atoms with Crippen molar-refractivity contribution in [2.75, 3.05) is 23.5 Å². The second-order valence-corrected chi connectivity index (χ2v) is 7.23. The van der Waals surface area contributed by atoms with Crippen LogP contribution in [0.3, 0.4) is 0 Å². The highest BCUT2D eigenvalue weighted by Crippen LogP contribution is 2.14. The van der Waals surface area contributed by atoms with E-state index in [0.29, 0.717) is 12.2 Å². The first-order valence-corrected chi connectivity index (χ1v) is 8.43. The largest absolute Gasteiger partial charge is 0.480 e. The summed E-state index contributed by atoms with van der Waals surface area (Å²) < 4.78 is 22.5. The fourth-order valence-electron chi connectivity index (χ4n) is 1.76. The lowest BCUT2D eigenvalue weighted by molar-refractivity contribution is -0.139. The van der Waals surface area contributed by atoms with Gasteiger partial charge in [-0.2, -0.15) is 11.8 Å². The molecule has 0 amide bonds. The molecule has 0 saturated carbocycles. The molecule has 0 aromatic carbocycles. The fraction of sp³-hybridized carbons (Fsp3) is 0.889. The Morgan fingerprint density at radius 1 is 1.53 bits per heavy atom. The molecule has 1 fully saturated rings. The van der Waals surface area contributed by atoms with Crippen LogP contribution in [0.15, 0.2) is 0 Å². The van der Waals surface area contributed by atoms with Gasteiger partial charge in [-0.15, -0.1) is 0 Å². The van der Waals surface area contributed by atoms with Crippen molar-refractivity contribution < 1.29 is 23.4 Å². The summed E-state index contributed by atoms with van der Waals surface area (Å²) in [5, 5.41) is 21.2. The highest BCUT2D eigenvalue weighted by Gasteiger charge is 2.38. The standard InChI is InChI=1S/C9H17NO5S2/c1-16-3-2-6(9(12)13)10-7-4-17(14,15)5-8(7)11/h6-8,10-11H,2-5H2,1H3,(H,12,13)/t6-,7-,8+/m0/s1. The predicted molar refractivity (Wildman–Crippen MR) is 66.0 cm³/mol. The van der Waals surface area contributed by atoms with Crippen molar-refractivity contribution in [3.05, 3.63) is 0 Å². The van der Waals surface area contributed by atoms with E-state index in [1.54, 1.807) is 0 Å². The van der Waals surface area contributed by atoms with Crippen LogP contribution in [0.1, 0.15) is 6.42 Å². The maximum absolute atomic E-state index is 11.3. The minimum Gasteiger partial charge on any atom is -0.480 e. The van der Waals surface area contributed by atoms with Crippen LogP contribution in [0, 0.1) is 0 Å². The van der Waals surface area contributed by atoms with Gasteiger partial charge in [0.2, 0.25) is 0 Å². The van der Waals surface area contributed by atoms with Crippen molar-refractivity contribution >= 4 is 27.6 Å². The number of rotatable bonds is 6. The van der Waals surface area contributed by atoms with Gasteiger partial charge in [0.25, 0.3) is 0 Å². The van der Waals surface area contributed by atoms with E-state index in [4.69, 9.17) is 5.11 Å². The highest BCUT2D eigenvalue weighted by molar-refractivity contribution is 7.98. The van der Waals surface area contributed by atoms with Crippen molar-refractivity contribution in [1.82, 2.24) is 5.32 Å². The van der Waals surface area contributed by atoms with Crippen LogP contribution in [0.5, 0.6) is 0 Å². The molecule has 1 heterocycles. The first kappa shape index (κ1) is 14.7. The Morgan fingerprint density at radius 3 is 2.59 bits per heavy atom. The summed E-state index contributed by atoms with van der Waals surface area (Å²) in [5.74, 6) is -0.841. The van der Waals surface area contributed by atoms with Crippen LogP contribution >= 0.6 is 11.8 Å². The molecule has 17 heavy (non-hydrogen) atoms. The first-order chi connectivity index (χ1) is 7.85. The van der Waals surface area contributed by atoms with E-state index in [1.807, 2.05) is 6.26 Å². The summed E-state index contributed by atoms with van der Waals surface area (Å²) in [6.07, 6.45) is 1.25. The quantitative estimate of drug-likeness (QED) is 0.571. The molecule has 100 valence electrons. The van der Waals surface area contributed by atoms with Crippen molar-refractivity contribution in [2.45, 2.75) is 24.6 Å². The Kier molecular flexibility index (Phi) is 5.23. The zero-order valence-electron chi connectivity index (χ0n) is 9.50. The number of thioether (sulfide) groups is 1. The molecule has 3 N–H and O–H groups in total. The van der Waals surface area contributed by atoms with Gasteiger partial charge in [-0.1, -0.05) is 0 Å². The molecular formula is C9H17NO5S2. The number of aliphatic hydroxyl groups excluding tert-OH is 1. The summed E-state index contributed by atoms with van der Waals surface area (Å²) in [5.41, 5.74) is 0. The van der Waals surface area contributed by atoms with Crippen LogP contribution in [0.4, 0.5) is 0 Å². The van der Waals surface area contributed by atoms with Gasteiger partial charge in [-0.25, -0.2) is 8.42 Å². The molecule has 1 rings (SSSR count). The van der Waals surface area contributed by atoms with Crippen molar-refractivity contribution in [2.24, 2.45) is 0 Å². The zero-order valence-corrected chi connectivity index (χ0v) is 11.1. The molecule has 0 radical (unpaired) electrons. The molecule has 1 aliphatic rings. The number of aliphatic carboxylic acids is 1. The smallest absolute Gasteiger partial charge is 0.320 e. The normalized spacial score (nSPS) is 29.1. The fourth-order valence-corrected chi connectivity index (χ4v) is 3.99. The molecule has 3 atom stereocenters. The molecule has 0 aliphatic carbocycles. The Balaban J connectivity index is 2.58. The minimum absolute atomic E-state index is 0.197. The number of aliphatic hydroxyl groups is 1. The number of nitrogens with one attached hydrogen (secondary N) is 1. The predicted octanol–water partition coefficient (Wildman–Crippen LogP) is -1.06. The van der Waals surface area contributed by atoms with E-state index >= 15 is 0 Å².